The van der Waals surface area contributed by atoms with E-state index in [0.29, 0.717) is 17.3 Å². The van der Waals surface area contributed by atoms with E-state index in [1.54, 1.807) is 6.07 Å². The fourth-order valence-corrected chi connectivity index (χ4v) is 1.76. The minimum absolute atomic E-state index is 0.410. The molecule has 82 valence electrons. The van der Waals surface area contributed by atoms with Crippen molar-refractivity contribution in [2.24, 2.45) is 0 Å². The SMILES string of the molecule is CCOC1CC(Nc2ccc(Cl)nn2)C1. The number of halogens is 1. The van der Waals surface area contributed by atoms with Gasteiger partial charge in [0.1, 0.15) is 5.82 Å². The van der Waals surface area contributed by atoms with E-state index < -0.39 is 0 Å². The second kappa shape index (κ2) is 4.77. The van der Waals surface area contributed by atoms with E-state index in [9.17, 15) is 0 Å². The highest BCUT2D eigenvalue weighted by Gasteiger charge is 2.29. The molecule has 0 saturated heterocycles. The van der Waals surface area contributed by atoms with E-state index in [1.807, 2.05) is 13.0 Å². The van der Waals surface area contributed by atoms with Gasteiger partial charge in [0.2, 0.25) is 0 Å². The molecule has 4 nitrogen and oxygen atoms in total. The predicted molar refractivity (Wildman–Crippen MR) is 59.1 cm³/mol. The van der Waals surface area contributed by atoms with Crippen LogP contribution in [0, 0.1) is 0 Å². The van der Waals surface area contributed by atoms with Gasteiger partial charge in [-0.3, -0.25) is 0 Å². The first-order valence-electron chi connectivity index (χ1n) is 5.15. The van der Waals surface area contributed by atoms with Crippen molar-refractivity contribution in [3.8, 4) is 0 Å². The zero-order valence-electron chi connectivity index (χ0n) is 8.61. The molecule has 1 aliphatic carbocycles. The Labute approximate surface area is 94.0 Å². The number of anilines is 1. The summed E-state index contributed by atoms with van der Waals surface area (Å²) in [5.41, 5.74) is 0. The van der Waals surface area contributed by atoms with Gasteiger partial charge in [-0.05, 0) is 31.9 Å². The molecule has 0 bridgehead atoms. The molecule has 1 aromatic rings. The van der Waals surface area contributed by atoms with Crippen molar-refractivity contribution in [1.82, 2.24) is 10.2 Å². The van der Waals surface area contributed by atoms with Crippen LogP contribution >= 0.6 is 11.6 Å². The van der Waals surface area contributed by atoms with E-state index in [2.05, 4.69) is 15.5 Å². The largest absolute Gasteiger partial charge is 0.378 e. The molecule has 0 spiro atoms. The number of hydrogen-bond donors (Lipinski definition) is 1. The van der Waals surface area contributed by atoms with Gasteiger partial charge in [0, 0.05) is 12.6 Å². The quantitative estimate of drug-likeness (QED) is 0.856. The third kappa shape index (κ3) is 2.79. The van der Waals surface area contributed by atoms with Gasteiger partial charge >= 0.3 is 0 Å². The highest BCUT2D eigenvalue weighted by atomic mass is 35.5. The van der Waals surface area contributed by atoms with Crippen LogP contribution in [0.25, 0.3) is 0 Å². The Morgan fingerprint density at radius 3 is 2.87 bits per heavy atom. The third-order valence-electron chi connectivity index (χ3n) is 2.48. The van der Waals surface area contributed by atoms with Crippen LogP contribution in [0.5, 0.6) is 0 Å². The van der Waals surface area contributed by atoms with Crippen LogP contribution < -0.4 is 5.32 Å². The lowest BCUT2D eigenvalue weighted by molar-refractivity contribution is 0.00291. The van der Waals surface area contributed by atoms with E-state index in [4.69, 9.17) is 16.3 Å². The summed E-state index contributed by atoms with van der Waals surface area (Å²) in [5.74, 6) is 0.777. The molecule has 0 aromatic carbocycles. The van der Waals surface area contributed by atoms with Gasteiger partial charge in [0.15, 0.2) is 5.15 Å². The van der Waals surface area contributed by atoms with Crippen LogP contribution in [0.2, 0.25) is 5.15 Å². The fraction of sp³-hybridized carbons (Fsp3) is 0.600. The third-order valence-corrected chi connectivity index (χ3v) is 2.68. The van der Waals surface area contributed by atoms with E-state index in [1.165, 1.54) is 0 Å². The van der Waals surface area contributed by atoms with Gasteiger partial charge < -0.3 is 10.1 Å². The highest BCUT2D eigenvalue weighted by Crippen LogP contribution is 2.26. The lowest BCUT2D eigenvalue weighted by Gasteiger charge is -2.35. The lowest BCUT2D eigenvalue weighted by Crippen LogP contribution is -2.41. The van der Waals surface area contributed by atoms with Crippen LogP contribution in [-0.4, -0.2) is 29.0 Å². The summed E-state index contributed by atoms with van der Waals surface area (Å²) >= 11 is 5.64. The molecule has 0 radical (unpaired) electrons. The summed E-state index contributed by atoms with van der Waals surface area (Å²) in [6, 6.07) is 4.02. The Balaban J connectivity index is 1.77. The first kappa shape index (κ1) is 10.6. The van der Waals surface area contributed by atoms with E-state index >= 15 is 0 Å². The molecule has 1 aliphatic rings. The number of aromatic nitrogens is 2. The molecule has 15 heavy (non-hydrogen) atoms. The van der Waals surface area contributed by atoms with Crippen LogP contribution in [0.15, 0.2) is 12.1 Å². The molecule has 0 amide bonds. The van der Waals surface area contributed by atoms with Crippen molar-refractivity contribution >= 4 is 17.4 Å². The van der Waals surface area contributed by atoms with Gasteiger partial charge in [-0.25, -0.2) is 0 Å². The average Bonchev–Trinajstić information content (AvgIpc) is 2.18. The summed E-state index contributed by atoms with van der Waals surface area (Å²) in [7, 11) is 0. The first-order valence-corrected chi connectivity index (χ1v) is 5.53. The topological polar surface area (TPSA) is 47.0 Å². The normalized spacial score (nSPS) is 24.7. The molecule has 0 aliphatic heterocycles. The van der Waals surface area contributed by atoms with Crippen molar-refractivity contribution in [3.05, 3.63) is 17.3 Å². The van der Waals surface area contributed by atoms with Gasteiger partial charge in [-0.1, -0.05) is 11.6 Å². The predicted octanol–water partition coefficient (Wildman–Crippen LogP) is 2.11. The molecule has 1 saturated carbocycles. The molecule has 0 unspecified atom stereocenters. The Morgan fingerprint density at radius 1 is 1.47 bits per heavy atom. The van der Waals surface area contributed by atoms with E-state index in [-0.39, 0.29) is 0 Å². The Morgan fingerprint density at radius 2 is 2.27 bits per heavy atom. The van der Waals surface area contributed by atoms with Gasteiger partial charge in [-0.15, -0.1) is 10.2 Å². The Kier molecular flexibility index (Phi) is 3.38. The number of nitrogens with one attached hydrogen (secondary N) is 1. The van der Waals surface area contributed by atoms with Crippen molar-refractivity contribution in [2.45, 2.75) is 31.9 Å². The minimum Gasteiger partial charge on any atom is -0.378 e. The van der Waals surface area contributed by atoms with Crippen LogP contribution in [0.4, 0.5) is 5.82 Å². The number of rotatable bonds is 4. The van der Waals surface area contributed by atoms with Gasteiger partial charge in [0.05, 0.1) is 6.10 Å². The van der Waals surface area contributed by atoms with Crippen molar-refractivity contribution in [2.75, 3.05) is 11.9 Å². The summed E-state index contributed by atoms with van der Waals surface area (Å²) in [6.45, 7) is 2.81. The minimum atomic E-state index is 0.410. The Bertz CT molecular complexity index is 311. The molecular weight excluding hydrogens is 214 g/mol. The fourth-order valence-electron chi connectivity index (χ4n) is 1.66. The number of nitrogens with zero attached hydrogens (tertiary/aromatic N) is 2. The summed E-state index contributed by atoms with van der Waals surface area (Å²) in [4.78, 5) is 0. The molecular formula is C10H14ClN3O. The smallest absolute Gasteiger partial charge is 0.151 e. The van der Waals surface area contributed by atoms with Gasteiger partial charge in [-0.2, -0.15) is 0 Å². The average molecular weight is 228 g/mol. The van der Waals surface area contributed by atoms with Crippen molar-refractivity contribution < 1.29 is 4.74 Å². The maximum absolute atomic E-state index is 5.64. The monoisotopic (exact) mass is 227 g/mol. The molecule has 1 fully saturated rings. The molecule has 1 aromatic heterocycles. The Hall–Kier alpha value is -0.870. The number of hydrogen-bond acceptors (Lipinski definition) is 4. The van der Waals surface area contributed by atoms with Crippen LogP contribution in [0.1, 0.15) is 19.8 Å². The summed E-state index contributed by atoms with van der Waals surface area (Å²) < 4.78 is 5.47. The molecule has 2 rings (SSSR count). The highest BCUT2D eigenvalue weighted by molar-refractivity contribution is 6.29. The molecule has 1 N–H and O–H groups in total. The molecule has 0 atom stereocenters. The van der Waals surface area contributed by atoms with Crippen molar-refractivity contribution in [1.29, 1.82) is 0 Å². The maximum Gasteiger partial charge on any atom is 0.151 e. The number of ether oxygens (including phenoxy) is 1. The summed E-state index contributed by atoms with van der Waals surface area (Å²) in [6.07, 6.45) is 2.49. The lowest BCUT2D eigenvalue weighted by atomic mass is 9.89. The standard InChI is InChI=1S/C10H14ClN3O/c1-2-15-8-5-7(6-8)12-10-4-3-9(11)13-14-10/h3-4,7-8H,2,5-6H2,1H3,(H,12,14). The second-order valence-corrected chi connectivity index (χ2v) is 4.02. The second-order valence-electron chi connectivity index (χ2n) is 3.63. The zero-order chi connectivity index (χ0) is 10.7. The van der Waals surface area contributed by atoms with Crippen molar-refractivity contribution in [3.63, 3.8) is 0 Å². The molecule has 5 heteroatoms. The molecule has 1 heterocycles. The van der Waals surface area contributed by atoms with Gasteiger partial charge in [0.25, 0.3) is 0 Å². The maximum atomic E-state index is 5.64. The first-order chi connectivity index (χ1) is 7.28. The van der Waals surface area contributed by atoms with Crippen LogP contribution in [0.3, 0.4) is 0 Å². The van der Waals surface area contributed by atoms with E-state index in [0.717, 1.165) is 25.3 Å². The zero-order valence-corrected chi connectivity index (χ0v) is 9.37. The van der Waals surface area contributed by atoms with Crippen LogP contribution in [-0.2, 0) is 4.74 Å². The summed E-state index contributed by atoms with van der Waals surface area (Å²) in [5, 5.41) is 11.4.